The first-order valence-electron chi connectivity index (χ1n) is 8.08. The summed E-state index contributed by atoms with van der Waals surface area (Å²) in [4.78, 5) is 51.6. The molecule has 1 aromatic rings. The Kier molecular flexibility index (Phi) is 4.09. The summed E-state index contributed by atoms with van der Waals surface area (Å²) in [6.07, 6.45) is 0.285. The van der Waals surface area contributed by atoms with Crippen LogP contribution in [0.15, 0.2) is 18.2 Å². The van der Waals surface area contributed by atoms with Gasteiger partial charge < -0.3 is 4.90 Å². The van der Waals surface area contributed by atoms with Crippen molar-refractivity contribution >= 4 is 29.3 Å². The van der Waals surface area contributed by atoms with Crippen LogP contribution in [-0.4, -0.2) is 47.7 Å². The first-order valence-corrected chi connectivity index (χ1v) is 8.08. The van der Waals surface area contributed by atoms with E-state index in [-0.39, 0.29) is 18.7 Å². The number of rotatable bonds is 4. The van der Waals surface area contributed by atoms with Crippen molar-refractivity contribution in [2.45, 2.75) is 32.7 Å². The molecule has 0 spiro atoms. The standard InChI is InChI=1S/C17H19N3O4/c1-3-19(4-2)10-5-6-11-12(9-10)17(24)20(16(11)23)13-7-8-14(21)18-15(13)22/h5-6,9,13H,3-4,7-8H2,1-2H3,(H,18,21,22). The average molecular weight is 329 g/mol. The molecule has 7 heteroatoms. The van der Waals surface area contributed by atoms with E-state index in [0.717, 1.165) is 23.7 Å². The molecule has 1 atom stereocenters. The van der Waals surface area contributed by atoms with Gasteiger partial charge in [0.2, 0.25) is 11.8 Å². The van der Waals surface area contributed by atoms with Gasteiger partial charge in [-0.1, -0.05) is 0 Å². The van der Waals surface area contributed by atoms with Crippen LogP contribution in [0.5, 0.6) is 0 Å². The third kappa shape index (κ3) is 2.46. The van der Waals surface area contributed by atoms with Crippen molar-refractivity contribution < 1.29 is 19.2 Å². The van der Waals surface area contributed by atoms with E-state index >= 15 is 0 Å². The number of carbonyl (C=O) groups excluding carboxylic acids is 4. The van der Waals surface area contributed by atoms with E-state index in [1.165, 1.54) is 0 Å². The predicted molar refractivity (Wildman–Crippen MR) is 86.7 cm³/mol. The third-order valence-corrected chi connectivity index (χ3v) is 4.55. The molecule has 3 rings (SSSR count). The molecule has 2 aliphatic heterocycles. The Hall–Kier alpha value is -2.70. The van der Waals surface area contributed by atoms with Gasteiger partial charge in [0.1, 0.15) is 6.04 Å². The van der Waals surface area contributed by atoms with Gasteiger partial charge in [-0.05, 0) is 38.5 Å². The largest absolute Gasteiger partial charge is 0.372 e. The zero-order valence-electron chi connectivity index (χ0n) is 13.7. The van der Waals surface area contributed by atoms with Gasteiger partial charge in [0.25, 0.3) is 11.8 Å². The molecular weight excluding hydrogens is 310 g/mol. The van der Waals surface area contributed by atoms with E-state index in [2.05, 4.69) is 10.2 Å². The monoisotopic (exact) mass is 329 g/mol. The van der Waals surface area contributed by atoms with Gasteiger partial charge in [0.15, 0.2) is 0 Å². The normalized spacial score (nSPS) is 20.2. The number of hydrogen-bond donors (Lipinski definition) is 1. The molecule has 4 amide bonds. The molecule has 2 heterocycles. The molecule has 0 bridgehead atoms. The molecule has 0 aliphatic carbocycles. The number of anilines is 1. The minimum absolute atomic E-state index is 0.120. The zero-order valence-corrected chi connectivity index (χ0v) is 13.7. The summed E-state index contributed by atoms with van der Waals surface area (Å²) in [5.74, 6) is -1.92. The van der Waals surface area contributed by atoms with E-state index in [1.54, 1.807) is 12.1 Å². The van der Waals surface area contributed by atoms with Gasteiger partial charge in [0.05, 0.1) is 11.1 Å². The highest BCUT2D eigenvalue weighted by molar-refractivity contribution is 6.23. The molecular formula is C17H19N3O4. The molecule has 2 aliphatic rings. The molecule has 24 heavy (non-hydrogen) atoms. The Morgan fingerprint density at radius 3 is 2.38 bits per heavy atom. The summed E-state index contributed by atoms with van der Waals surface area (Å²) in [5.41, 5.74) is 1.49. The lowest BCUT2D eigenvalue weighted by atomic mass is 10.0. The number of fused-ring (bicyclic) bond motifs is 1. The van der Waals surface area contributed by atoms with Crippen LogP contribution < -0.4 is 10.2 Å². The Morgan fingerprint density at radius 2 is 1.75 bits per heavy atom. The van der Waals surface area contributed by atoms with Crippen LogP contribution in [0.4, 0.5) is 5.69 Å². The first-order chi connectivity index (χ1) is 11.5. The number of piperidine rings is 1. The highest BCUT2D eigenvalue weighted by Gasteiger charge is 2.44. The van der Waals surface area contributed by atoms with E-state index in [1.807, 2.05) is 19.9 Å². The summed E-state index contributed by atoms with van der Waals surface area (Å²) < 4.78 is 0. The van der Waals surface area contributed by atoms with Gasteiger partial charge in [0, 0.05) is 25.2 Å². The number of amides is 4. The minimum Gasteiger partial charge on any atom is -0.372 e. The summed E-state index contributed by atoms with van der Waals surface area (Å²) in [6.45, 7) is 5.60. The molecule has 7 nitrogen and oxygen atoms in total. The van der Waals surface area contributed by atoms with Crippen molar-refractivity contribution in [3.05, 3.63) is 29.3 Å². The van der Waals surface area contributed by atoms with Crippen molar-refractivity contribution in [1.29, 1.82) is 0 Å². The van der Waals surface area contributed by atoms with Gasteiger partial charge in [-0.25, -0.2) is 0 Å². The predicted octanol–water partition coefficient (Wildman–Crippen LogP) is 0.934. The Balaban J connectivity index is 1.94. The molecule has 1 N–H and O–H groups in total. The number of benzene rings is 1. The number of carbonyl (C=O) groups is 4. The van der Waals surface area contributed by atoms with Crippen molar-refractivity contribution in [2.24, 2.45) is 0 Å². The number of nitrogens with one attached hydrogen (secondary N) is 1. The second kappa shape index (κ2) is 6.07. The lowest BCUT2D eigenvalue weighted by molar-refractivity contribution is -0.136. The van der Waals surface area contributed by atoms with Crippen molar-refractivity contribution in [1.82, 2.24) is 10.2 Å². The van der Waals surface area contributed by atoms with Crippen LogP contribution in [0.3, 0.4) is 0 Å². The van der Waals surface area contributed by atoms with Crippen molar-refractivity contribution in [2.75, 3.05) is 18.0 Å². The summed E-state index contributed by atoms with van der Waals surface area (Å²) in [6, 6.07) is 4.22. The number of imide groups is 2. The molecule has 126 valence electrons. The van der Waals surface area contributed by atoms with Crippen LogP contribution in [0.1, 0.15) is 47.4 Å². The summed E-state index contributed by atoms with van der Waals surface area (Å²) in [7, 11) is 0. The smallest absolute Gasteiger partial charge is 0.262 e. The number of hydrogen-bond acceptors (Lipinski definition) is 5. The maximum Gasteiger partial charge on any atom is 0.262 e. The summed E-state index contributed by atoms with van der Waals surface area (Å²) in [5, 5.41) is 2.19. The Labute approximate surface area is 139 Å². The van der Waals surface area contributed by atoms with Crippen LogP contribution in [0.2, 0.25) is 0 Å². The van der Waals surface area contributed by atoms with Crippen molar-refractivity contribution in [3.8, 4) is 0 Å². The van der Waals surface area contributed by atoms with E-state index in [4.69, 9.17) is 0 Å². The molecule has 1 saturated heterocycles. The van der Waals surface area contributed by atoms with Gasteiger partial charge in [-0.3, -0.25) is 29.4 Å². The fraction of sp³-hybridized carbons (Fsp3) is 0.412. The van der Waals surface area contributed by atoms with E-state index < -0.39 is 23.8 Å². The molecule has 1 fully saturated rings. The summed E-state index contributed by atoms with van der Waals surface area (Å²) >= 11 is 0. The fourth-order valence-corrected chi connectivity index (χ4v) is 3.24. The highest BCUT2D eigenvalue weighted by Crippen LogP contribution is 2.30. The minimum atomic E-state index is -0.924. The third-order valence-electron chi connectivity index (χ3n) is 4.55. The zero-order chi connectivity index (χ0) is 17.4. The van der Waals surface area contributed by atoms with Gasteiger partial charge >= 0.3 is 0 Å². The van der Waals surface area contributed by atoms with Gasteiger partial charge in [-0.2, -0.15) is 0 Å². The highest BCUT2D eigenvalue weighted by atomic mass is 16.2. The average Bonchev–Trinajstić information content (AvgIpc) is 2.80. The molecule has 0 radical (unpaired) electrons. The molecule has 1 aromatic carbocycles. The number of nitrogens with zero attached hydrogens (tertiary/aromatic N) is 2. The lowest BCUT2D eigenvalue weighted by Gasteiger charge is -2.27. The van der Waals surface area contributed by atoms with Crippen LogP contribution in [0.25, 0.3) is 0 Å². The topological polar surface area (TPSA) is 86.8 Å². The van der Waals surface area contributed by atoms with E-state index in [9.17, 15) is 19.2 Å². The molecule has 1 unspecified atom stereocenters. The van der Waals surface area contributed by atoms with Crippen LogP contribution in [0, 0.1) is 0 Å². The maximum absolute atomic E-state index is 12.7. The fourth-order valence-electron chi connectivity index (χ4n) is 3.24. The molecule has 0 saturated carbocycles. The second-order valence-corrected chi connectivity index (χ2v) is 5.85. The van der Waals surface area contributed by atoms with Gasteiger partial charge in [-0.15, -0.1) is 0 Å². The first kappa shape index (κ1) is 16.2. The Morgan fingerprint density at radius 1 is 1.08 bits per heavy atom. The molecule has 0 aromatic heterocycles. The lowest BCUT2D eigenvalue weighted by Crippen LogP contribution is -2.54. The maximum atomic E-state index is 12.7. The Bertz CT molecular complexity index is 739. The SMILES string of the molecule is CCN(CC)c1ccc2c(c1)C(=O)N(C1CCC(=O)NC1=O)C2=O. The quantitative estimate of drug-likeness (QED) is 0.831. The van der Waals surface area contributed by atoms with Crippen molar-refractivity contribution in [3.63, 3.8) is 0 Å². The van der Waals surface area contributed by atoms with E-state index in [0.29, 0.717) is 11.1 Å². The van der Waals surface area contributed by atoms with Crippen LogP contribution in [-0.2, 0) is 9.59 Å². The second-order valence-electron chi connectivity index (χ2n) is 5.85. The van der Waals surface area contributed by atoms with Crippen LogP contribution >= 0.6 is 0 Å².